The zero-order chi connectivity index (χ0) is 14.1. The van der Waals surface area contributed by atoms with Gasteiger partial charge in [-0.25, -0.2) is 0 Å². The smallest absolute Gasteiger partial charge is 0.272 e. The van der Waals surface area contributed by atoms with Gasteiger partial charge in [0.25, 0.3) is 10.9 Å². The van der Waals surface area contributed by atoms with E-state index in [1.165, 1.54) is 0 Å². The largest absolute Gasteiger partial charge is 0.488 e. The minimum absolute atomic E-state index is 0.139. The highest BCUT2D eigenvalue weighted by atomic mass is 16.5. The first kappa shape index (κ1) is 14.7. The van der Waals surface area contributed by atoms with E-state index in [2.05, 4.69) is 26.1 Å². The van der Waals surface area contributed by atoms with E-state index in [1.54, 1.807) is 6.92 Å². The van der Waals surface area contributed by atoms with Crippen LogP contribution in [0.4, 0.5) is 5.69 Å². The molecule has 0 saturated heterocycles. The second-order valence-electron chi connectivity index (χ2n) is 6.54. The Morgan fingerprint density at radius 2 is 1.61 bits per heavy atom. The van der Waals surface area contributed by atoms with Gasteiger partial charge in [-0.2, -0.15) is 0 Å². The molecule has 0 heterocycles. The summed E-state index contributed by atoms with van der Waals surface area (Å²) in [7, 11) is 0. The molecule has 0 aliphatic heterocycles. The Morgan fingerprint density at radius 1 is 1.06 bits per heavy atom. The van der Waals surface area contributed by atoms with Crippen molar-refractivity contribution in [2.45, 2.75) is 53.5 Å². The molecule has 0 radical (unpaired) electrons. The van der Waals surface area contributed by atoms with Gasteiger partial charge in [-0.15, -0.1) is 0 Å². The Kier molecular flexibility index (Phi) is 3.89. The first-order valence-electron chi connectivity index (χ1n) is 6.32. The third kappa shape index (κ3) is 3.34. The SMILES string of the molecule is CCOc1c(NC(C)(C)CC(C)(C)C)c(=O)c1=O. The predicted octanol–water partition coefficient (Wildman–Crippen LogP) is 2.31. The van der Waals surface area contributed by atoms with E-state index in [4.69, 9.17) is 4.74 Å². The summed E-state index contributed by atoms with van der Waals surface area (Å²) in [5.41, 5.74) is -0.784. The van der Waals surface area contributed by atoms with E-state index < -0.39 is 10.9 Å². The average Bonchev–Trinajstić information content (AvgIpc) is 2.19. The molecule has 1 rings (SSSR count). The van der Waals surface area contributed by atoms with Crippen molar-refractivity contribution < 1.29 is 4.74 Å². The van der Waals surface area contributed by atoms with Crippen molar-refractivity contribution in [3.63, 3.8) is 0 Å². The first-order valence-corrected chi connectivity index (χ1v) is 6.32. The Bertz CT molecular complexity index is 488. The molecular formula is C14H23NO3. The third-order valence-electron chi connectivity index (χ3n) is 2.59. The van der Waals surface area contributed by atoms with Crippen LogP contribution in [0.5, 0.6) is 5.75 Å². The highest BCUT2D eigenvalue weighted by molar-refractivity contribution is 5.62. The lowest BCUT2D eigenvalue weighted by Crippen LogP contribution is -2.43. The van der Waals surface area contributed by atoms with Crippen LogP contribution in [0.3, 0.4) is 0 Å². The highest BCUT2D eigenvalue weighted by Gasteiger charge is 2.30. The van der Waals surface area contributed by atoms with E-state index >= 15 is 0 Å². The fourth-order valence-corrected chi connectivity index (χ4v) is 2.47. The number of rotatable bonds is 5. The summed E-state index contributed by atoms with van der Waals surface area (Å²) >= 11 is 0. The van der Waals surface area contributed by atoms with Crippen molar-refractivity contribution in [2.75, 3.05) is 11.9 Å². The van der Waals surface area contributed by atoms with Gasteiger partial charge in [0.05, 0.1) is 6.61 Å². The number of nitrogens with one attached hydrogen (secondary N) is 1. The summed E-state index contributed by atoms with van der Waals surface area (Å²) in [6, 6.07) is 0. The van der Waals surface area contributed by atoms with Crippen LogP contribution in [0.2, 0.25) is 0 Å². The summed E-state index contributed by atoms with van der Waals surface area (Å²) in [4.78, 5) is 22.9. The molecule has 102 valence electrons. The highest BCUT2D eigenvalue weighted by Crippen LogP contribution is 2.31. The standard InChI is InChI=1S/C14H23NO3/c1-7-18-12-9(10(16)11(12)17)15-14(5,6)8-13(2,3)4/h15H,7-8H2,1-6H3. The van der Waals surface area contributed by atoms with Gasteiger partial charge in [0, 0.05) is 5.54 Å². The van der Waals surface area contributed by atoms with E-state index in [0.717, 1.165) is 6.42 Å². The van der Waals surface area contributed by atoms with E-state index in [1.807, 2.05) is 13.8 Å². The quantitative estimate of drug-likeness (QED) is 0.818. The Morgan fingerprint density at radius 3 is 2.06 bits per heavy atom. The van der Waals surface area contributed by atoms with Crippen molar-refractivity contribution in [2.24, 2.45) is 5.41 Å². The normalized spacial score (nSPS) is 12.8. The molecule has 4 nitrogen and oxygen atoms in total. The summed E-state index contributed by atoms with van der Waals surface area (Å²) in [6.45, 7) is 12.6. The van der Waals surface area contributed by atoms with Crippen LogP contribution in [-0.4, -0.2) is 12.1 Å². The zero-order valence-electron chi connectivity index (χ0n) is 12.1. The van der Waals surface area contributed by atoms with Gasteiger partial charge in [0.1, 0.15) is 5.69 Å². The molecule has 0 amide bonds. The van der Waals surface area contributed by atoms with Crippen LogP contribution in [0.15, 0.2) is 9.59 Å². The van der Waals surface area contributed by atoms with Crippen molar-refractivity contribution in [1.82, 2.24) is 0 Å². The van der Waals surface area contributed by atoms with Gasteiger partial charge in [0.2, 0.25) is 0 Å². The molecule has 0 saturated carbocycles. The Balaban J connectivity index is 2.88. The average molecular weight is 253 g/mol. The minimum Gasteiger partial charge on any atom is -0.488 e. The van der Waals surface area contributed by atoms with Crippen molar-refractivity contribution >= 4 is 5.69 Å². The third-order valence-corrected chi connectivity index (χ3v) is 2.59. The van der Waals surface area contributed by atoms with Gasteiger partial charge in [-0.05, 0) is 32.6 Å². The molecule has 18 heavy (non-hydrogen) atoms. The van der Waals surface area contributed by atoms with Gasteiger partial charge in [-0.1, -0.05) is 20.8 Å². The van der Waals surface area contributed by atoms with Gasteiger partial charge in [-0.3, -0.25) is 9.59 Å². The summed E-state index contributed by atoms with van der Waals surface area (Å²) in [6.07, 6.45) is 0.879. The molecule has 0 aromatic heterocycles. The lowest BCUT2D eigenvalue weighted by molar-refractivity contribution is 0.298. The van der Waals surface area contributed by atoms with Crippen LogP contribution >= 0.6 is 0 Å². The van der Waals surface area contributed by atoms with E-state index in [9.17, 15) is 9.59 Å². The van der Waals surface area contributed by atoms with Gasteiger partial charge < -0.3 is 10.1 Å². The molecule has 0 bridgehead atoms. The molecule has 1 aromatic carbocycles. The van der Waals surface area contributed by atoms with Crippen LogP contribution in [0.1, 0.15) is 48.0 Å². The number of hydrogen-bond acceptors (Lipinski definition) is 4. The minimum atomic E-state index is -0.522. The molecule has 1 N–H and O–H groups in total. The van der Waals surface area contributed by atoms with Crippen LogP contribution < -0.4 is 20.9 Å². The molecule has 0 spiro atoms. The molecule has 0 atom stereocenters. The lowest BCUT2D eigenvalue weighted by atomic mass is 9.81. The van der Waals surface area contributed by atoms with Crippen molar-refractivity contribution in [3.8, 4) is 5.75 Å². The van der Waals surface area contributed by atoms with Crippen molar-refractivity contribution in [1.29, 1.82) is 0 Å². The van der Waals surface area contributed by atoms with Crippen LogP contribution in [0.25, 0.3) is 0 Å². The first-order chi connectivity index (χ1) is 8.07. The fraction of sp³-hybridized carbons (Fsp3) is 0.714. The topological polar surface area (TPSA) is 55.4 Å². The molecule has 1 aromatic rings. The summed E-state index contributed by atoms with van der Waals surface area (Å²) in [5, 5.41) is 3.15. The Labute approximate surface area is 108 Å². The molecule has 0 fully saturated rings. The number of hydrogen-bond donors (Lipinski definition) is 1. The maximum absolute atomic E-state index is 11.5. The Hall–Kier alpha value is -1.32. The molecule has 0 aliphatic rings. The van der Waals surface area contributed by atoms with E-state index in [-0.39, 0.29) is 16.7 Å². The fourth-order valence-electron chi connectivity index (χ4n) is 2.47. The van der Waals surface area contributed by atoms with E-state index in [0.29, 0.717) is 12.3 Å². The summed E-state index contributed by atoms with van der Waals surface area (Å²) < 4.78 is 5.20. The second kappa shape index (κ2) is 4.75. The summed E-state index contributed by atoms with van der Waals surface area (Å²) in [5.74, 6) is 0.185. The zero-order valence-corrected chi connectivity index (χ0v) is 12.1. The lowest BCUT2D eigenvalue weighted by Gasteiger charge is -2.34. The van der Waals surface area contributed by atoms with Crippen LogP contribution in [0, 0.1) is 5.41 Å². The van der Waals surface area contributed by atoms with Crippen LogP contribution in [-0.2, 0) is 0 Å². The molecule has 4 heteroatoms. The predicted molar refractivity (Wildman–Crippen MR) is 74.3 cm³/mol. The molecule has 0 unspecified atom stereocenters. The maximum Gasteiger partial charge on any atom is 0.272 e. The molecular weight excluding hydrogens is 230 g/mol. The second-order valence-corrected chi connectivity index (χ2v) is 6.54. The maximum atomic E-state index is 11.5. The van der Waals surface area contributed by atoms with Crippen molar-refractivity contribution in [3.05, 3.63) is 20.4 Å². The van der Waals surface area contributed by atoms with Gasteiger partial charge >= 0.3 is 0 Å². The van der Waals surface area contributed by atoms with Gasteiger partial charge in [0.15, 0.2) is 5.75 Å². The molecule has 0 aliphatic carbocycles. The number of ether oxygens (including phenoxy) is 1. The monoisotopic (exact) mass is 253 g/mol. The number of anilines is 1.